The lowest BCUT2D eigenvalue weighted by Gasteiger charge is -2.09. The highest BCUT2D eigenvalue weighted by molar-refractivity contribution is 6.05. The minimum absolute atomic E-state index is 0.998. The monoisotopic (exact) mass is 413 g/mol. The van der Waals surface area contributed by atoms with Gasteiger partial charge in [-0.25, -0.2) is 0 Å². The van der Waals surface area contributed by atoms with Crippen molar-refractivity contribution in [3.63, 3.8) is 0 Å². The average Bonchev–Trinajstić information content (AvgIpc) is 2.96. The van der Waals surface area contributed by atoms with Crippen molar-refractivity contribution in [1.82, 2.24) is 4.98 Å². The Labute approximate surface area is 187 Å². The predicted octanol–water partition coefficient (Wildman–Crippen LogP) is 7.76. The molecule has 0 saturated carbocycles. The molecule has 0 bridgehead atoms. The highest BCUT2D eigenvalue weighted by Crippen LogP contribution is 2.29. The fraction of sp³-hybridized carbons (Fsp3) is 0.357. The average molecular weight is 414 g/mol. The van der Waals surface area contributed by atoms with Crippen molar-refractivity contribution in [2.24, 2.45) is 9.98 Å². The normalized spacial score (nSPS) is 12.6. The van der Waals surface area contributed by atoms with E-state index in [9.17, 15) is 0 Å². The first kappa shape index (κ1) is 22.7. The molecule has 0 fully saturated rings. The van der Waals surface area contributed by atoms with Crippen molar-refractivity contribution in [3.8, 4) is 0 Å². The summed E-state index contributed by atoms with van der Waals surface area (Å²) in [6, 6.07) is 8.78. The SMILES string of the molecule is CC(=Nc1c(C)cc(C)cc1C)c1[nH]c(C(C)=Nc2c(C)cc(C)cc2C)c(C)c1C. The van der Waals surface area contributed by atoms with Gasteiger partial charge < -0.3 is 4.98 Å². The molecule has 3 nitrogen and oxygen atoms in total. The van der Waals surface area contributed by atoms with E-state index >= 15 is 0 Å². The molecule has 0 atom stereocenters. The van der Waals surface area contributed by atoms with E-state index in [1.54, 1.807) is 0 Å². The van der Waals surface area contributed by atoms with Gasteiger partial charge >= 0.3 is 0 Å². The number of benzene rings is 2. The molecule has 0 aliphatic rings. The first-order valence-corrected chi connectivity index (χ1v) is 11.0. The molecular weight excluding hydrogens is 378 g/mol. The van der Waals surface area contributed by atoms with Crippen LogP contribution in [0.5, 0.6) is 0 Å². The van der Waals surface area contributed by atoms with E-state index in [0.29, 0.717) is 0 Å². The standard InChI is InChI=1S/C28H35N3/c1-15-11-17(3)25(18(4)12-15)29-23(9)27-21(7)22(8)28(31-27)24(10)30-26-19(5)13-16(2)14-20(26)6/h11-14,31H,1-10H3. The van der Waals surface area contributed by atoms with Gasteiger partial charge in [0.2, 0.25) is 0 Å². The van der Waals surface area contributed by atoms with Crippen molar-refractivity contribution < 1.29 is 0 Å². The Balaban J connectivity index is 2.06. The van der Waals surface area contributed by atoms with Crippen LogP contribution >= 0.6 is 0 Å². The summed E-state index contributed by atoms with van der Waals surface area (Å²) < 4.78 is 0. The quantitative estimate of drug-likeness (QED) is 0.425. The Morgan fingerprint density at radius 1 is 0.548 bits per heavy atom. The van der Waals surface area contributed by atoms with Gasteiger partial charge in [-0.1, -0.05) is 35.4 Å². The molecule has 3 heteroatoms. The van der Waals surface area contributed by atoms with Crippen LogP contribution in [0.3, 0.4) is 0 Å². The minimum atomic E-state index is 0.998. The smallest absolute Gasteiger partial charge is 0.0692 e. The first-order valence-electron chi connectivity index (χ1n) is 11.0. The van der Waals surface area contributed by atoms with Gasteiger partial charge in [0.15, 0.2) is 0 Å². The molecule has 0 unspecified atom stereocenters. The second-order valence-corrected chi connectivity index (χ2v) is 9.01. The molecule has 162 valence electrons. The molecule has 1 aromatic heterocycles. The topological polar surface area (TPSA) is 40.5 Å². The van der Waals surface area contributed by atoms with Crippen LogP contribution in [-0.2, 0) is 0 Å². The number of aromatic amines is 1. The number of hydrogen-bond donors (Lipinski definition) is 1. The third-order valence-electron chi connectivity index (χ3n) is 6.12. The number of nitrogens with one attached hydrogen (secondary N) is 1. The maximum absolute atomic E-state index is 5.01. The molecule has 2 aromatic carbocycles. The summed E-state index contributed by atoms with van der Waals surface area (Å²) in [5.74, 6) is 0. The maximum atomic E-state index is 5.01. The summed E-state index contributed by atoms with van der Waals surface area (Å²) >= 11 is 0. The summed E-state index contributed by atoms with van der Waals surface area (Å²) in [7, 11) is 0. The maximum Gasteiger partial charge on any atom is 0.0692 e. The summed E-state index contributed by atoms with van der Waals surface area (Å²) in [6.07, 6.45) is 0. The molecule has 1 N–H and O–H groups in total. The first-order chi connectivity index (χ1) is 14.5. The number of hydrogen-bond acceptors (Lipinski definition) is 2. The van der Waals surface area contributed by atoms with Crippen molar-refractivity contribution in [2.75, 3.05) is 0 Å². The lowest BCUT2D eigenvalue weighted by Crippen LogP contribution is -2.01. The third-order valence-corrected chi connectivity index (χ3v) is 6.12. The molecule has 31 heavy (non-hydrogen) atoms. The highest BCUT2D eigenvalue weighted by Gasteiger charge is 2.16. The van der Waals surface area contributed by atoms with E-state index in [0.717, 1.165) is 34.2 Å². The Morgan fingerprint density at radius 3 is 1.13 bits per heavy atom. The van der Waals surface area contributed by atoms with Crippen LogP contribution in [0.2, 0.25) is 0 Å². The Bertz CT molecular complexity index is 1080. The van der Waals surface area contributed by atoms with E-state index < -0.39 is 0 Å². The van der Waals surface area contributed by atoms with Crippen LogP contribution in [0.4, 0.5) is 11.4 Å². The number of nitrogens with zero attached hydrogens (tertiary/aromatic N) is 2. The zero-order valence-corrected chi connectivity index (χ0v) is 20.7. The van der Waals surface area contributed by atoms with E-state index in [-0.39, 0.29) is 0 Å². The minimum Gasteiger partial charge on any atom is -0.352 e. The van der Waals surface area contributed by atoms with Gasteiger partial charge in [-0.2, -0.15) is 0 Å². The number of rotatable bonds is 4. The lowest BCUT2D eigenvalue weighted by atomic mass is 10.0. The van der Waals surface area contributed by atoms with Gasteiger partial charge in [-0.05, 0) is 103 Å². The zero-order chi connectivity index (χ0) is 23.0. The van der Waals surface area contributed by atoms with Crippen LogP contribution in [0.1, 0.15) is 69.7 Å². The second-order valence-electron chi connectivity index (χ2n) is 9.01. The molecule has 0 aliphatic carbocycles. The molecule has 0 aliphatic heterocycles. The van der Waals surface area contributed by atoms with Crippen molar-refractivity contribution in [1.29, 1.82) is 0 Å². The van der Waals surface area contributed by atoms with Gasteiger partial charge in [0, 0.05) is 0 Å². The predicted molar refractivity (Wildman–Crippen MR) is 135 cm³/mol. The van der Waals surface area contributed by atoms with E-state index in [2.05, 4.69) is 98.5 Å². The van der Waals surface area contributed by atoms with E-state index in [4.69, 9.17) is 9.98 Å². The number of H-pyrrole nitrogens is 1. The van der Waals surface area contributed by atoms with Crippen molar-refractivity contribution >= 4 is 22.8 Å². The third kappa shape index (κ3) is 4.56. The van der Waals surface area contributed by atoms with Gasteiger partial charge in [-0.3, -0.25) is 9.98 Å². The molecule has 3 aromatic rings. The van der Waals surface area contributed by atoms with Crippen LogP contribution in [0.25, 0.3) is 0 Å². The van der Waals surface area contributed by atoms with Gasteiger partial charge in [0.25, 0.3) is 0 Å². The molecule has 0 radical (unpaired) electrons. The van der Waals surface area contributed by atoms with Crippen LogP contribution in [-0.4, -0.2) is 16.4 Å². The summed E-state index contributed by atoms with van der Waals surface area (Å²) in [5.41, 5.74) is 16.1. The number of aromatic nitrogens is 1. The van der Waals surface area contributed by atoms with E-state index in [1.807, 2.05) is 0 Å². The summed E-state index contributed by atoms with van der Waals surface area (Å²) in [6.45, 7) is 21.3. The zero-order valence-electron chi connectivity index (χ0n) is 20.7. The summed E-state index contributed by atoms with van der Waals surface area (Å²) in [5, 5.41) is 0. The lowest BCUT2D eigenvalue weighted by molar-refractivity contribution is 1.25. The Morgan fingerprint density at radius 2 is 0.839 bits per heavy atom. The molecular formula is C28H35N3. The summed E-state index contributed by atoms with van der Waals surface area (Å²) in [4.78, 5) is 13.7. The highest BCUT2D eigenvalue weighted by atomic mass is 14.9. The van der Waals surface area contributed by atoms with Crippen LogP contribution < -0.4 is 0 Å². The van der Waals surface area contributed by atoms with Gasteiger partial charge in [0.05, 0.1) is 34.2 Å². The molecule has 1 heterocycles. The van der Waals surface area contributed by atoms with Gasteiger partial charge in [-0.15, -0.1) is 0 Å². The number of aryl methyl sites for hydroxylation is 6. The van der Waals surface area contributed by atoms with Crippen molar-refractivity contribution in [2.45, 2.75) is 69.2 Å². The van der Waals surface area contributed by atoms with Crippen molar-refractivity contribution in [3.05, 3.63) is 80.2 Å². The van der Waals surface area contributed by atoms with Crippen LogP contribution in [0.15, 0.2) is 34.3 Å². The Kier molecular flexibility index (Phi) is 6.35. The largest absolute Gasteiger partial charge is 0.352 e. The van der Waals surface area contributed by atoms with E-state index in [1.165, 1.54) is 44.5 Å². The fourth-order valence-electron chi connectivity index (χ4n) is 4.56. The second kappa shape index (κ2) is 8.66. The Hall–Kier alpha value is -2.94. The molecule has 0 spiro atoms. The van der Waals surface area contributed by atoms with Gasteiger partial charge in [0.1, 0.15) is 0 Å². The number of aliphatic imine (C=N–C) groups is 2. The molecule has 0 saturated heterocycles. The fourth-order valence-corrected chi connectivity index (χ4v) is 4.56. The molecule has 0 amide bonds. The molecule has 3 rings (SSSR count). The van der Waals surface area contributed by atoms with Crippen LogP contribution in [0, 0.1) is 55.4 Å².